The first-order valence-electron chi connectivity index (χ1n) is 9.17. The highest BCUT2D eigenvalue weighted by Gasteiger charge is 2.14. The Hall–Kier alpha value is -3.87. The van der Waals surface area contributed by atoms with Gasteiger partial charge in [-0.2, -0.15) is 5.26 Å². The Morgan fingerprint density at radius 1 is 1.10 bits per heavy atom. The van der Waals surface area contributed by atoms with E-state index in [1.165, 1.54) is 24.5 Å². The number of hydrogen-bond acceptors (Lipinski definition) is 6. The lowest BCUT2D eigenvalue weighted by molar-refractivity contribution is -0.111. The van der Waals surface area contributed by atoms with Crippen LogP contribution in [0.3, 0.4) is 0 Å². The number of carbonyl (C=O) groups excluding carboxylic acids is 1. The van der Waals surface area contributed by atoms with Crippen molar-refractivity contribution in [2.24, 2.45) is 0 Å². The molecule has 31 heavy (non-hydrogen) atoms. The maximum atomic E-state index is 12.3. The average molecular weight is 437 g/mol. The molecule has 0 saturated carbocycles. The van der Waals surface area contributed by atoms with Gasteiger partial charge in [-0.1, -0.05) is 12.1 Å². The number of nitriles is 1. The molecule has 2 aromatic carbocycles. The summed E-state index contributed by atoms with van der Waals surface area (Å²) < 4.78 is 37.4. The zero-order valence-corrected chi connectivity index (χ0v) is 17.1. The van der Waals surface area contributed by atoms with Crippen LogP contribution in [0, 0.1) is 11.3 Å². The molecular formula is C22H19N3O5S. The average Bonchev–Trinajstić information content (AvgIpc) is 3.30. The van der Waals surface area contributed by atoms with Crippen molar-refractivity contribution in [2.45, 2.75) is 11.4 Å². The van der Waals surface area contributed by atoms with Gasteiger partial charge in [-0.15, -0.1) is 0 Å². The van der Waals surface area contributed by atoms with Gasteiger partial charge >= 0.3 is 0 Å². The Morgan fingerprint density at radius 3 is 2.48 bits per heavy atom. The summed E-state index contributed by atoms with van der Waals surface area (Å²) in [4.78, 5) is 12.2. The summed E-state index contributed by atoms with van der Waals surface area (Å²) in [5.41, 5.74) is 1.24. The summed E-state index contributed by atoms with van der Waals surface area (Å²) in [5, 5.41) is 11.2. The molecule has 3 aromatic rings. The largest absolute Gasteiger partial charge is 0.479 e. The Kier molecular flexibility index (Phi) is 7.22. The zero-order chi connectivity index (χ0) is 22.1. The number of hydrogen-bond donors (Lipinski definition) is 2. The van der Waals surface area contributed by atoms with Crippen molar-refractivity contribution in [3.8, 4) is 11.8 Å². The van der Waals surface area contributed by atoms with Gasteiger partial charge in [0.15, 0.2) is 6.61 Å². The SMILES string of the molecule is N#CCOc1ccc(NC(=O)/C=C/c2ccc(S(=O)(=O)NCc3ccco3)cc2)cc1. The van der Waals surface area contributed by atoms with E-state index in [2.05, 4.69) is 10.0 Å². The van der Waals surface area contributed by atoms with E-state index in [1.807, 2.05) is 6.07 Å². The number of rotatable bonds is 9. The molecular weight excluding hydrogens is 418 g/mol. The number of furan rings is 1. The monoisotopic (exact) mass is 437 g/mol. The lowest BCUT2D eigenvalue weighted by atomic mass is 10.2. The number of nitrogens with one attached hydrogen (secondary N) is 2. The van der Waals surface area contributed by atoms with Gasteiger partial charge in [0.05, 0.1) is 17.7 Å². The summed E-state index contributed by atoms with van der Waals surface area (Å²) in [6.45, 7) is 0.0111. The molecule has 0 bridgehead atoms. The fourth-order valence-electron chi connectivity index (χ4n) is 2.53. The normalized spacial score (nSPS) is 11.2. The van der Waals surface area contributed by atoms with Crippen LogP contribution in [-0.2, 0) is 21.4 Å². The molecule has 158 valence electrons. The van der Waals surface area contributed by atoms with Crippen LogP contribution in [0.1, 0.15) is 11.3 Å². The number of amides is 1. The molecule has 0 unspecified atom stereocenters. The highest BCUT2D eigenvalue weighted by molar-refractivity contribution is 7.89. The molecule has 0 saturated heterocycles. The standard InChI is InChI=1S/C22H19N3O5S/c23-13-15-30-19-8-6-18(7-9-19)25-22(26)12-5-17-3-10-21(11-4-17)31(27,28)24-16-20-2-1-14-29-20/h1-12,14,24H,15-16H2,(H,25,26)/b12-5+. The molecule has 0 aliphatic heterocycles. The second-order valence-electron chi connectivity index (χ2n) is 6.27. The number of sulfonamides is 1. The molecule has 1 heterocycles. The molecule has 0 aliphatic rings. The van der Waals surface area contributed by atoms with Gasteiger partial charge < -0.3 is 14.5 Å². The topological polar surface area (TPSA) is 121 Å². The molecule has 0 atom stereocenters. The van der Waals surface area contributed by atoms with Crippen LogP contribution in [0.25, 0.3) is 6.08 Å². The van der Waals surface area contributed by atoms with Gasteiger partial charge in [-0.3, -0.25) is 4.79 Å². The van der Waals surface area contributed by atoms with Gasteiger partial charge in [-0.25, -0.2) is 13.1 Å². The Labute approximate surface area is 179 Å². The third kappa shape index (κ3) is 6.57. The maximum absolute atomic E-state index is 12.3. The van der Waals surface area contributed by atoms with E-state index in [4.69, 9.17) is 14.4 Å². The molecule has 8 nitrogen and oxygen atoms in total. The molecule has 2 N–H and O–H groups in total. The Balaban J connectivity index is 1.55. The van der Waals surface area contributed by atoms with Crippen molar-refractivity contribution >= 4 is 27.7 Å². The van der Waals surface area contributed by atoms with E-state index in [0.717, 1.165) is 0 Å². The van der Waals surface area contributed by atoms with Gasteiger partial charge in [0.25, 0.3) is 0 Å². The first-order chi connectivity index (χ1) is 15.0. The third-order valence-electron chi connectivity index (χ3n) is 4.06. The lowest BCUT2D eigenvalue weighted by Crippen LogP contribution is -2.22. The predicted octanol–water partition coefficient (Wildman–Crippen LogP) is 3.31. The van der Waals surface area contributed by atoms with Gasteiger partial charge in [0.2, 0.25) is 15.9 Å². The maximum Gasteiger partial charge on any atom is 0.248 e. The van der Waals surface area contributed by atoms with E-state index in [-0.39, 0.29) is 24.0 Å². The fraction of sp³-hybridized carbons (Fsp3) is 0.0909. The minimum Gasteiger partial charge on any atom is -0.479 e. The summed E-state index contributed by atoms with van der Waals surface area (Å²) in [6, 6.07) is 18.0. The quantitative estimate of drug-likeness (QED) is 0.495. The highest BCUT2D eigenvalue weighted by Crippen LogP contribution is 2.16. The lowest BCUT2D eigenvalue weighted by Gasteiger charge is -2.06. The van der Waals surface area contributed by atoms with Crippen molar-refractivity contribution < 1.29 is 22.4 Å². The van der Waals surface area contributed by atoms with Crippen LogP contribution in [0.5, 0.6) is 5.75 Å². The minimum atomic E-state index is -3.68. The number of carbonyl (C=O) groups is 1. The summed E-state index contributed by atoms with van der Waals surface area (Å²) >= 11 is 0. The molecule has 0 aliphatic carbocycles. The number of nitrogens with zero attached hydrogens (tertiary/aromatic N) is 1. The van der Waals surface area contributed by atoms with Crippen molar-refractivity contribution in [1.82, 2.24) is 4.72 Å². The second kappa shape index (κ2) is 10.2. The van der Waals surface area contributed by atoms with Gasteiger partial charge in [0.1, 0.15) is 17.6 Å². The van der Waals surface area contributed by atoms with E-state index in [9.17, 15) is 13.2 Å². The first-order valence-corrected chi connectivity index (χ1v) is 10.7. The Bertz CT molecular complexity index is 1180. The molecule has 3 rings (SSSR count). The van der Waals surface area contributed by atoms with Crippen LogP contribution in [0.15, 0.2) is 82.3 Å². The van der Waals surface area contributed by atoms with Crippen molar-refractivity contribution in [3.63, 3.8) is 0 Å². The van der Waals surface area contributed by atoms with Crippen LogP contribution < -0.4 is 14.8 Å². The second-order valence-corrected chi connectivity index (χ2v) is 8.03. The summed E-state index contributed by atoms with van der Waals surface area (Å²) in [6.07, 6.45) is 4.40. The van der Waals surface area contributed by atoms with E-state index >= 15 is 0 Å². The molecule has 0 fully saturated rings. The highest BCUT2D eigenvalue weighted by atomic mass is 32.2. The third-order valence-corrected chi connectivity index (χ3v) is 5.48. The predicted molar refractivity (Wildman–Crippen MR) is 114 cm³/mol. The number of anilines is 1. The first kappa shape index (κ1) is 21.8. The molecule has 1 amide bonds. The molecule has 0 radical (unpaired) electrons. The molecule has 0 spiro atoms. The summed E-state index contributed by atoms with van der Waals surface area (Å²) in [5.74, 6) is 0.699. The van der Waals surface area contributed by atoms with Crippen molar-refractivity contribution in [3.05, 3.63) is 84.3 Å². The minimum absolute atomic E-state index is 0.0470. The van der Waals surface area contributed by atoms with Crippen LogP contribution in [0.2, 0.25) is 0 Å². The van der Waals surface area contributed by atoms with Crippen LogP contribution >= 0.6 is 0 Å². The summed E-state index contributed by atoms with van der Waals surface area (Å²) in [7, 11) is -3.68. The smallest absolute Gasteiger partial charge is 0.248 e. The number of ether oxygens (including phenoxy) is 1. The van der Waals surface area contributed by atoms with E-state index in [0.29, 0.717) is 22.8 Å². The number of benzene rings is 2. The molecule has 1 aromatic heterocycles. The van der Waals surface area contributed by atoms with Crippen molar-refractivity contribution in [1.29, 1.82) is 5.26 Å². The Morgan fingerprint density at radius 2 is 1.84 bits per heavy atom. The van der Waals surface area contributed by atoms with E-state index < -0.39 is 10.0 Å². The van der Waals surface area contributed by atoms with Crippen LogP contribution in [-0.4, -0.2) is 20.9 Å². The van der Waals surface area contributed by atoms with Gasteiger partial charge in [-0.05, 0) is 60.2 Å². The van der Waals surface area contributed by atoms with Gasteiger partial charge in [0, 0.05) is 11.8 Å². The van der Waals surface area contributed by atoms with E-state index in [1.54, 1.807) is 54.6 Å². The van der Waals surface area contributed by atoms with Crippen LogP contribution in [0.4, 0.5) is 5.69 Å². The zero-order valence-electron chi connectivity index (χ0n) is 16.3. The molecule has 9 heteroatoms. The fourth-order valence-corrected chi connectivity index (χ4v) is 3.52. The van der Waals surface area contributed by atoms with Crippen molar-refractivity contribution in [2.75, 3.05) is 11.9 Å².